The molecule has 1 unspecified atom stereocenters. The monoisotopic (exact) mass is 497 g/mol. The Morgan fingerprint density at radius 1 is 0.973 bits per heavy atom. The van der Waals surface area contributed by atoms with Crippen molar-refractivity contribution in [1.82, 2.24) is 15.3 Å². The van der Waals surface area contributed by atoms with Crippen molar-refractivity contribution in [2.45, 2.75) is 25.8 Å². The number of amides is 3. The van der Waals surface area contributed by atoms with Gasteiger partial charge in [0.15, 0.2) is 0 Å². The molecular weight excluding hydrogens is 470 g/mol. The number of rotatable bonds is 9. The minimum absolute atomic E-state index is 0.0671. The Hall–Kier alpha value is -4.92. The van der Waals surface area contributed by atoms with Gasteiger partial charge in [-0.05, 0) is 48.4 Å². The molecule has 0 aliphatic heterocycles. The first-order valence-electron chi connectivity index (χ1n) is 11.8. The number of nitrogens with zero attached hydrogens (tertiary/aromatic N) is 1. The molecular formula is C28H27N5O4. The van der Waals surface area contributed by atoms with Crippen molar-refractivity contribution < 1.29 is 14.3 Å². The lowest BCUT2D eigenvalue weighted by Crippen LogP contribution is -2.35. The van der Waals surface area contributed by atoms with E-state index < -0.39 is 12.1 Å². The second-order valence-electron chi connectivity index (χ2n) is 8.32. The topological polar surface area (TPSA) is 139 Å². The summed E-state index contributed by atoms with van der Waals surface area (Å²) in [6.07, 6.45) is 0.557. The van der Waals surface area contributed by atoms with Crippen LogP contribution in [0.4, 0.5) is 10.5 Å². The molecule has 1 aromatic heterocycles. The number of ether oxygens (including phenoxy) is 1. The highest BCUT2D eigenvalue weighted by atomic mass is 16.5. The second-order valence-corrected chi connectivity index (χ2v) is 8.32. The van der Waals surface area contributed by atoms with Crippen LogP contribution in [0.1, 0.15) is 30.6 Å². The maximum atomic E-state index is 12.9. The van der Waals surface area contributed by atoms with Crippen molar-refractivity contribution in [2.75, 3.05) is 5.32 Å². The maximum Gasteiger partial charge on any atom is 0.312 e. The third-order valence-corrected chi connectivity index (χ3v) is 5.52. The van der Waals surface area contributed by atoms with Crippen LogP contribution in [0.2, 0.25) is 0 Å². The summed E-state index contributed by atoms with van der Waals surface area (Å²) in [5, 5.41) is 5.47. The largest absolute Gasteiger partial charge is 0.457 e. The van der Waals surface area contributed by atoms with Gasteiger partial charge in [0, 0.05) is 23.0 Å². The molecule has 0 aliphatic rings. The number of aromatic nitrogens is 2. The number of nitrogens with one attached hydrogen (secondary N) is 3. The minimum atomic E-state index is -0.750. The Labute approximate surface area is 213 Å². The van der Waals surface area contributed by atoms with E-state index in [0.717, 1.165) is 0 Å². The standard InChI is InChI=1S/C28H27N5O4/c1-2-20-16-25(34)33-27(31-20)19-9-6-10-21(14-19)30-26(35)17-24(32-28(29)36)18-8-7-13-23(15-18)37-22-11-4-3-5-12-22/h3-16,24H,2,17H2,1H3,(H,30,35)(H3,29,32,36)(H,31,33,34). The number of hydrogen-bond donors (Lipinski definition) is 4. The van der Waals surface area contributed by atoms with Crippen LogP contribution in [0.25, 0.3) is 11.4 Å². The van der Waals surface area contributed by atoms with Gasteiger partial charge in [-0.25, -0.2) is 9.78 Å². The zero-order valence-electron chi connectivity index (χ0n) is 20.2. The van der Waals surface area contributed by atoms with Gasteiger partial charge in [-0.1, -0.05) is 49.4 Å². The number of aromatic amines is 1. The minimum Gasteiger partial charge on any atom is -0.457 e. The second kappa shape index (κ2) is 11.7. The van der Waals surface area contributed by atoms with Crippen molar-refractivity contribution in [3.8, 4) is 22.9 Å². The molecule has 0 fully saturated rings. The molecule has 9 heteroatoms. The Morgan fingerprint density at radius 3 is 2.49 bits per heavy atom. The molecule has 1 heterocycles. The first-order valence-corrected chi connectivity index (χ1v) is 11.8. The summed E-state index contributed by atoms with van der Waals surface area (Å²) >= 11 is 0. The van der Waals surface area contributed by atoms with Gasteiger partial charge in [0.05, 0.1) is 12.5 Å². The van der Waals surface area contributed by atoms with Crippen molar-refractivity contribution in [2.24, 2.45) is 5.73 Å². The van der Waals surface area contributed by atoms with Crippen molar-refractivity contribution in [3.05, 3.63) is 107 Å². The van der Waals surface area contributed by atoms with Crippen LogP contribution in [0, 0.1) is 0 Å². The van der Waals surface area contributed by atoms with E-state index in [1.165, 1.54) is 6.07 Å². The Morgan fingerprint density at radius 2 is 1.73 bits per heavy atom. The van der Waals surface area contributed by atoms with Crippen LogP contribution >= 0.6 is 0 Å². The van der Waals surface area contributed by atoms with Crippen molar-refractivity contribution in [1.29, 1.82) is 0 Å². The number of H-pyrrole nitrogens is 1. The molecule has 0 aliphatic carbocycles. The lowest BCUT2D eigenvalue weighted by molar-refractivity contribution is -0.116. The van der Waals surface area contributed by atoms with Crippen LogP contribution in [0.3, 0.4) is 0 Å². The molecule has 1 atom stereocenters. The summed E-state index contributed by atoms with van der Waals surface area (Å²) in [5.41, 5.74) is 7.66. The average Bonchev–Trinajstić information content (AvgIpc) is 2.88. The number of carbonyl (C=O) groups excluding carboxylic acids is 2. The van der Waals surface area contributed by atoms with Gasteiger partial charge in [0.25, 0.3) is 5.56 Å². The zero-order valence-corrected chi connectivity index (χ0v) is 20.2. The van der Waals surface area contributed by atoms with E-state index in [9.17, 15) is 14.4 Å². The molecule has 4 aromatic rings. The van der Waals surface area contributed by atoms with E-state index in [0.29, 0.717) is 46.3 Å². The van der Waals surface area contributed by atoms with Gasteiger partial charge >= 0.3 is 6.03 Å². The highest BCUT2D eigenvalue weighted by Crippen LogP contribution is 2.26. The van der Waals surface area contributed by atoms with E-state index in [1.54, 1.807) is 48.5 Å². The number of para-hydroxylation sites is 1. The molecule has 37 heavy (non-hydrogen) atoms. The normalized spacial score (nSPS) is 11.4. The van der Waals surface area contributed by atoms with Crippen LogP contribution in [-0.4, -0.2) is 21.9 Å². The van der Waals surface area contributed by atoms with E-state index in [2.05, 4.69) is 20.6 Å². The summed E-state index contributed by atoms with van der Waals surface area (Å²) in [5.74, 6) is 1.30. The van der Waals surface area contributed by atoms with E-state index in [4.69, 9.17) is 10.5 Å². The molecule has 5 N–H and O–H groups in total. The molecule has 0 bridgehead atoms. The molecule has 188 valence electrons. The summed E-state index contributed by atoms with van der Waals surface area (Å²) in [6, 6.07) is 23.4. The van der Waals surface area contributed by atoms with Crippen LogP contribution in [0.5, 0.6) is 11.5 Å². The number of carbonyl (C=O) groups is 2. The van der Waals surface area contributed by atoms with Gasteiger partial charge in [0.2, 0.25) is 5.91 Å². The number of anilines is 1. The Kier molecular flexibility index (Phi) is 7.95. The first kappa shape index (κ1) is 25.2. The fraction of sp³-hybridized carbons (Fsp3) is 0.143. The molecule has 4 rings (SSSR count). The van der Waals surface area contributed by atoms with E-state index >= 15 is 0 Å². The number of primary amides is 1. The fourth-order valence-electron chi connectivity index (χ4n) is 3.81. The number of nitrogens with two attached hydrogens (primary N) is 1. The zero-order chi connectivity index (χ0) is 26.2. The number of hydrogen-bond acceptors (Lipinski definition) is 5. The quantitative estimate of drug-likeness (QED) is 0.269. The highest BCUT2D eigenvalue weighted by molar-refractivity contribution is 5.92. The van der Waals surface area contributed by atoms with Gasteiger partial charge in [-0.3, -0.25) is 9.59 Å². The molecule has 9 nitrogen and oxygen atoms in total. The highest BCUT2D eigenvalue weighted by Gasteiger charge is 2.19. The van der Waals surface area contributed by atoms with Gasteiger partial charge < -0.3 is 26.1 Å². The van der Waals surface area contributed by atoms with Crippen molar-refractivity contribution in [3.63, 3.8) is 0 Å². The van der Waals surface area contributed by atoms with Crippen molar-refractivity contribution >= 4 is 17.6 Å². The molecule has 0 saturated heterocycles. The molecule has 3 amide bonds. The van der Waals surface area contributed by atoms with Gasteiger partial charge in [-0.2, -0.15) is 0 Å². The summed E-state index contributed by atoms with van der Waals surface area (Å²) in [7, 11) is 0. The predicted octanol–water partition coefficient (Wildman–Crippen LogP) is 4.53. The third kappa shape index (κ3) is 7.04. The Balaban J connectivity index is 1.50. The lowest BCUT2D eigenvalue weighted by Gasteiger charge is -2.19. The fourth-order valence-corrected chi connectivity index (χ4v) is 3.81. The Bertz CT molecular complexity index is 1450. The molecule has 3 aromatic carbocycles. The molecule has 0 radical (unpaired) electrons. The van der Waals surface area contributed by atoms with Crippen LogP contribution in [0.15, 0.2) is 89.7 Å². The first-order chi connectivity index (χ1) is 17.9. The lowest BCUT2D eigenvalue weighted by atomic mass is 10.0. The smallest absolute Gasteiger partial charge is 0.312 e. The van der Waals surface area contributed by atoms with E-state index in [-0.39, 0.29) is 17.9 Å². The summed E-state index contributed by atoms with van der Waals surface area (Å²) in [6.45, 7) is 1.92. The maximum absolute atomic E-state index is 12.9. The number of aryl methyl sites for hydroxylation is 1. The van der Waals surface area contributed by atoms with Crippen LogP contribution in [-0.2, 0) is 11.2 Å². The van der Waals surface area contributed by atoms with Gasteiger partial charge in [-0.15, -0.1) is 0 Å². The average molecular weight is 498 g/mol. The molecule has 0 spiro atoms. The number of benzene rings is 3. The predicted molar refractivity (Wildman–Crippen MR) is 141 cm³/mol. The van der Waals surface area contributed by atoms with Crippen LogP contribution < -0.4 is 26.7 Å². The summed E-state index contributed by atoms with van der Waals surface area (Å²) < 4.78 is 5.88. The van der Waals surface area contributed by atoms with Gasteiger partial charge in [0.1, 0.15) is 17.3 Å². The number of urea groups is 1. The SMILES string of the molecule is CCc1cc(=O)[nH]c(-c2cccc(NC(=O)CC(NC(N)=O)c3cccc(Oc4ccccc4)c3)c2)n1. The van der Waals surface area contributed by atoms with E-state index in [1.807, 2.05) is 37.3 Å². The summed E-state index contributed by atoms with van der Waals surface area (Å²) in [4.78, 5) is 43.8. The molecule has 0 saturated carbocycles. The third-order valence-electron chi connectivity index (χ3n) is 5.52.